The van der Waals surface area contributed by atoms with E-state index < -0.39 is 0 Å². The van der Waals surface area contributed by atoms with Crippen LogP contribution in [-0.4, -0.2) is 27.6 Å². The number of nitrogens with zero attached hydrogens (tertiary/aromatic N) is 4. The number of aromatic nitrogens is 3. The van der Waals surface area contributed by atoms with Gasteiger partial charge in [0.15, 0.2) is 0 Å². The standard InChI is InChI=1S/C21H19BrN4O2S/c1-5-26(18-7-6-14(22)10-23-18)21(27)16-9-17(15-8-11(2)29-13(15)4)24-20-19(16)12(3)25-28-20/h6-10H,5H2,1-4H3. The molecule has 4 aromatic heterocycles. The first-order valence-corrected chi connectivity index (χ1v) is 10.8. The number of hydrogen-bond acceptors (Lipinski definition) is 6. The van der Waals surface area contributed by atoms with Crippen LogP contribution in [0.2, 0.25) is 0 Å². The minimum absolute atomic E-state index is 0.160. The minimum Gasteiger partial charge on any atom is -0.335 e. The molecule has 0 saturated heterocycles. The zero-order chi connectivity index (χ0) is 20.7. The Balaban J connectivity index is 1.89. The molecule has 0 N–H and O–H groups in total. The van der Waals surface area contributed by atoms with Crippen molar-refractivity contribution in [3.63, 3.8) is 0 Å². The van der Waals surface area contributed by atoms with Crippen LogP contribution in [-0.2, 0) is 0 Å². The molecular weight excluding hydrogens is 452 g/mol. The maximum atomic E-state index is 13.6. The molecule has 4 heterocycles. The molecule has 0 bridgehead atoms. The van der Waals surface area contributed by atoms with E-state index >= 15 is 0 Å². The lowest BCUT2D eigenvalue weighted by Crippen LogP contribution is -2.31. The highest BCUT2D eigenvalue weighted by Gasteiger charge is 2.25. The fourth-order valence-corrected chi connectivity index (χ4v) is 4.54. The number of fused-ring (bicyclic) bond motifs is 1. The van der Waals surface area contributed by atoms with Crippen LogP contribution in [0.1, 0.15) is 32.7 Å². The Hall–Kier alpha value is -2.58. The van der Waals surface area contributed by atoms with E-state index in [0.29, 0.717) is 40.4 Å². The largest absolute Gasteiger partial charge is 0.335 e. The van der Waals surface area contributed by atoms with Crippen molar-refractivity contribution < 1.29 is 9.32 Å². The maximum Gasteiger partial charge on any atom is 0.260 e. The van der Waals surface area contributed by atoms with E-state index in [4.69, 9.17) is 4.52 Å². The van der Waals surface area contributed by atoms with E-state index in [9.17, 15) is 4.79 Å². The van der Waals surface area contributed by atoms with Gasteiger partial charge < -0.3 is 4.52 Å². The fraction of sp³-hybridized carbons (Fsp3) is 0.238. The summed E-state index contributed by atoms with van der Waals surface area (Å²) in [6, 6.07) is 7.61. The second kappa shape index (κ2) is 7.68. The van der Waals surface area contributed by atoms with Crippen LogP contribution in [0.5, 0.6) is 0 Å². The Morgan fingerprint density at radius 3 is 2.66 bits per heavy atom. The van der Waals surface area contributed by atoms with E-state index in [1.54, 1.807) is 22.4 Å². The number of carbonyl (C=O) groups is 1. The summed E-state index contributed by atoms with van der Waals surface area (Å²) >= 11 is 5.09. The molecule has 29 heavy (non-hydrogen) atoms. The smallest absolute Gasteiger partial charge is 0.260 e. The van der Waals surface area contributed by atoms with E-state index in [0.717, 1.165) is 14.9 Å². The van der Waals surface area contributed by atoms with Crippen LogP contribution in [0.25, 0.3) is 22.4 Å². The van der Waals surface area contributed by atoms with Crippen molar-refractivity contribution in [2.75, 3.05) is 11.4 Å². The summed E-state index contributed by atoms with van der Waals surface area (Å²) in [6.45, 7) is 8.33. The Morgan fingerprint density at radius 1 is 1.24 bits per heavy atom. The molecule has 0 fully saturated rings. The van der Waals surface area contributed by atoms with Crippen molar-refractivity contribution >= 4 is 50.1 Å². The average molecular weight is 471 g/mol. The number of halogens is 1. The summed E-state index contributed by atoms with van der Waals surface area (Å²) in [5, 5.41) is 4.68. The third-order valence-electron chi connectivity index (χ3n) is 4.71. The molecule has 4 rings (SSSR count). The van der Waals surface area contributed by atoms with Crippen molar-refractivity contribution in [1.82, 2.24) is 15.1 Å². The predicted molar refractivity (Wildman–Crippen MR) is 119 cm³/mol. The SMILES string of the molecule is CCN(C(=O)c1cc(-c2cc(C)sc2C)nc2onc(C)c12)c1ccc(Br)cn1. The van der Waals surface area contributed by atoms with E-state index in [2.05, 4.69) is 51.0 Å². The average Bonchev–Trinajstić information content (AvgIpc) is 3.24. The number of thiophene rings is 1. The van der Waals surface area contributed by atoms with Gasteiger partial charge in [-0.1, -0.05) is 5.16 Å². The highest BCUT2D eigenvalue weighted by molar-refractivity contribution is 9.10. The van der Waals surface area contributed by atoms with Gasteiger partial charge in [0.25, 0.3) is 11.6 Å². The molecule has 0 aromatic carbocycles. The molecule has 6 nitrogen and oxygen atoms in total. The number of aryl methyl sites for hydroxylation is 3. The van der Waals surface area contributed by atoms with Crippen molar-refractivity contribution in [3.8, 4) is 11.3 Å². The molecule has 0 unspecified atom stereocenters. The summed E-state index contributed by atoms with van der Waals surface area (Å²) in [4.78, 5) is 26.6. The summed E-state index contributed by atoms with van der Waals surface area (Å²) in [5.74, 6) is 0.427. The number of carbonyl (C=O) groups excluding carboxylic acids is 1. The normalized spacial score (nSPS) is 11.2. The maximum absolute atomic E-state index is 13.6. The predicted octanol–water partition coefficient (Wildman–Crippen LogP) is 5.70. The molecule has 4 aromatic rings. The number of amides is 1. The van der Waals surface area contributed by atoms with Crippen molar-refractivity contribution in [1.29, 1.82) is 0 Å². The number of anilines is 1. The Morgan fingerprint density at radius 2 is 2.03 bits per heavy atom. The van der Waals surface area contributed by atoms with Crippen LogP contribution in [0.15, 0.2) is 39.5 Å². The first-order valence-electron chi connectivity index (χ1n) is 9.17. The van der Waals surface area contributed by atoms with Gasteiger partial charge in [-0.3, -0.25) is 9.69 Å². The summed E-state index contributed by atoms with van der Waals surface area (Å²) in [6.07, 6.45) is 1.68. The van der Waals surface area contributed by atoms with Gasteiger partial charge in [0.1, 0.15) is 5.82 Å². The van der Waals surface area contributed by atoms with Gasteiger partial charge in [0.05, 0.1) is 22.3 Å². The van der Waals surface area contributed by atoms with E-state index in [1.165, 1.54) is 4.88 Å². The lowest BCUT2D eigenvalue weighted by Gasteiger charge is -2.20. The molecule has 0 aliphatic rings. The van der Waals surface area contributed by atoms with Crippen LogP contribution >= 0.6 is 27.3 Å². The molecule has 0 saturated carbocycles. The van der Waals surface area contributed by atoms with Gasteiger partial charge in [-0.2, -0.15) is 0 Å². The van der Waals surface area contributed by atoms with Gasteiger partial charge in [-0.05, 0) is 67.9 Å². The van der Waals surface area contributed by atoms with Gasteiger partial charge in [0.2, 0.25) is 0 Å². The van der Waals surface area contributed by atoms with Crippen molar-refractivity contribution in [2.45, 2.75) is 27.7 Å². The molecule has 8 heteroatoms. The number of rotatable bonds is 4. The first-order chi connectivity index (χ1) is 13.9. The van der Waals surface area contributed by atoms with Crippen LogP contribution in [0, 0.1) is 20.8 Å². The molecule has 0 radical (unpaired) electrons. The highest BCUT2D eigenvalue weighted by atomic mass is 79.9. The van der Waals surface area contributed by atoms with Crippen LogP contribution in [0.3, 0.4) is 0 Å². The molecule has 0 aliphatic heterocycles. The molecule has 1 amide bonds. The Bertz CT molecular complexity index is 1210. The highest BCUT2D eigenvalue weighted by Crippen LogP contribution is 2.33. The third-order valence-corrected chi connectivity index (χ3v) is 6.15. The van der Waals surface area contributed by atoms with Gasteiger partial charge in [0, 0.05) is 32.5 Å². The quantitative estimate of drug-likeness (QED) is 0.382. The van der Waals surface area contributed by atoms with Crippen LogP contribution < -0.4 is 4.90 Å². The Kier molecular flexibility index (Phi) is 5.23. The summed E-state index contributed by atoms with van der Waals surface area (Å²) < 4.78 is 6.29. The molecule has 148 valence electrons. The van der Waals surface area contributed by atoms with Gasteiger partial charge in [-0.15, -0.1) is 11.3 Å². The van der Waals surface area contributed by atoms with Gasteiger partial charge in [-0.25, -0.2) is 9.97 Å². The van der Waals surface area contributed by atoms with E-state index in [1.807, 2.05) is 32.0 Å². The van der Waals surface area contributed by atoms with E-state index in [-0.39, 0.29) is 5.91 Å². The topological polar surface area (TPSA) is 72.1 Å². The monoisotopic (exact) mass is 470 g/mol. The van der Waals surface area contributed by atoms with Crippen molar-refractivity contribution in [3.05, 3.63) is 55.9 Å². The number of pyridine rings is 2. The lowest BCUT2D eigenvalue weighted by molar-refractivity contribution is 0.0989. The molecule has 0 aliphatic carbocycles. The molecule has 0 atom stereocenters. The summed E-state index contributed by atoms with van der Waals surface area (Å²) in [5.41, 5.74) is 3.23. The number of hydrogen-bond donors (Lipinski definition) is 0. The third kappa shape index (κ3) is 3.58. The zero-order valence-electron chi connectivity index (χ0n) is 16.5. The fourth-order valence-electron chi connectivity index (χ4n) is 3.37. The first kappa shape index (κ1) is 19.7. The molecule has 0 spiro atoms. The Labute approximate surface area is 180 Å². The second-order valence-electron chi connectivity index (χ2n) is 6.71. The zero-order valence-corrected chi connectivity index (χ0v) is 18.9. The minimum atomic E-state index is -0.160. The van der Waals surface area contributed by atoms with Gasteiger partial charge >= 0.3 is 0 Å². The second-order valence-corrected chi connectivity index (χ2v) is 9.09. The lowest BCUT2D eigenvalue weighted by atomic mass is 10.0. The summed E-state index contributed by atoms with van der Waals surface area (Å²) in [7, 11) is 0. The molecular formula is C21H19BrN4O2S. The van der Waals surface area contributed by atoms with Crippen LogP contribution in [0.4, 0.5) is 5.82 Å². The van der Waals surface area contributed by atoms with Crippen molar-refractivity contribution in [2.24, 2.45) is 0 Å².